The molecule has 2 heterocycles. The second kappa shape index (κ2) is 5.35. The van der Waals surface area contributed by atoms with Crippen LogP contribution in [0.5, 0.6) is 0 Å². The lowest BCUT2D eigenvalue weighted by atomic mass is 9.98. The third-order valence-electron chi connectivity index (χ3n) is 2.96. The molecule has 1 aliphatic heterocycles. The highest BCUT2D eigenvalue weighted by Crippen LogP contribution is 2.27. The molecule has 2 rings (SSSR count). The van der Waals surface area contributed by atoms with E-state index in [1.165, 1.54) is 11.3 Å². The van der Waals surface area contributed by atoms with E-state index in [4.69, 9.17) is 0 Å². The minimum Gasteiger partial charge on any atom is -0.344 e. The normalized spacial score (nSPS) is 19.3. The Bertz CT molecular complexity index is 522. The van der Waals surface area contributed by atoms with Crippen LogP contribution in [0.25, 0.3) is 0 Å². The van der Waals surface area contributed by atoms with Gasteiger partial charge in [-0.1, -0.05) is 32.1 Å². The van der Waals surface area contributed by atoms with Crippen LogP contribution in [0.15, 0.2) is 0 Å². The van der Waals surface area contributed by atoms with E-state index in [-0.39, 0.29) is 23.4 Å². The van der Waals surface area contributed by atoms with Crippen molar-refractivity contribution in [3.63, 3.8) is 0 Å². The van der Waals surface area contributed by atoms with Crippen LogP contribution >= 0.6 is 11.3 Å². The topological polar surface area (TPSA) is 87.2 Å². The first-order chi connectivity index (χ1) is 9.25. The quantitative estimate of drug-likeness (QED) is 0.858. The first-order valence-electron chi connectivity index (χ1n) is 6.41. The van der Waals surface area contributed by atoms with Crippen molar-refractivity contribution in [3.8, 4) is 0 Å². The summed E-state index contributed by atoms with van der Waals surface area (Å²) in [6.07, 6.45) is 0.341. The van der Waals surface area contributed by atoms with Gasteiger partial charge in [0.15, 0.2) is 0 Å². The summed E-state index contributed by atoms with van der Waals surface area (Å²) in [5.41, 5.74) is -0.0886. The lowest BCUT2D eigenvalue weighted by Gasteiger charge is -2.13. The molecule has 1 atom stereocenters. The standard InChI is InChI=1S/C12H19N5O2S/c1-12(2,3)9-15-16-11(20-9)14-10(19)13-7-5-8(18)17(4)6-7/h7H,5-6H2,1-4H3,(H2,13,14,16,19). The molecular formula is C12H19N5O2S. The molecule has 0 aromatic carbocycles. The van der Waals surface area contributed by atoms with Crippen LogP contribution < -0.4 is 10.6 Å². The molecule has 1 unspecified atom stereocenters. The molecule has 1 aromatic heterocycles. The highest BCUT2D eigenvalue weighted by Gasteiger charge is 2.28. The number of carbonyl (C=O) groups is 2. The van der Waals surface area contributed by atoms with Crippen molar-refractivity contribution < 1.29 is 9.59 Å². The zero-order valence-electron chi connectivity index (χ0n) is 12.1. The van der Waals surface area contributed by atoms with Gasteiger partial charge in [-0.25, -0.2) is 4.79 Å². The van der Waals surface area contributed by atoms with Crippen molar-refractivity contribution in [1.82, 2.24) is 20.4 Å². The van der Waals surface area contributed by atoms with Crippen molar-refractivity contribution in [2.24, 2.45) is 0 Å². The summed E-state index contributed by atoms with van der Waals surface area (Å²) in [5.74, 6) is 0.0428. The Morgan fingerprint density at radius 3 is 2.60 bits per heavy atom. The van der Waals surface area contributed by atoms with Crippen molar-refractivity contribution in [2.45, 2.75) is 38.6 Å². The zero-order chi connectivity index (χ0) is 14.9. The minimum absolute atomic E-state index is 0.0428. The van der Waals surface area contributed by atoms with Crippen LogP contribution in [0.2, 0.25) is 0 Å². The summed E-state index contributed by atoms with van der Waals surface area (Å²) in [6.45, 7) is 6.65. The third kappa shape index (κ3) is 3.44. The average molecular weight is 297 g/mol. The van der Waals surface area contributed by atoms with Gasteiger partial charge < -0.3 is 10.2 Å². The summed E-state index contributed by atoms with van der Waals surface area (Å²) < 4.78 is 0. The SMILES string of the molecule is CN1CC(NC(=O)Nc2nnc(C(C)(C)C)s2)CC1=O. The maximum absolute atomic E-state index is 11.8. The predicted molar refractivity (Wildman–Crippen MR) is 76.8 cm³/mol. The molecule has 0 aliphatic carbocycles. The number of hydrogen-bond donors (Lipinski definition) is 2. The Morgan fingerprint density at radius 1 is 1.40 bits per heavy atom. The Labute approximate surface area is 121 Å². The summed E-state index contributed by atoms with van der Waals surface area (Å²) >= 11 is 1.36. The van der Waals surface area contributed by atoms with Gasteiger partial charge in [-0.05, 0) is 0 Å². The van der Waals surface area contributed by atoms with Gasteiger partial charge in [-0.3, -0.25) is 10.1 Å². The number of carbonyl (C=O) groups excluding carboxylic acids is 2. The zero-order valence-corrected chi connectivity index (χ0v) is 12.9. The van der Waals surface area contributed by atoms with E-state index in [9.17, 15) is 9.59 Å². The maximum Gasteiger partial charge on any atom is 0.321 e. The fourth-order valence-corrected chi connectivity index (χ4v) is 2.65. The number of nitrogens with one attached hydrogen (secondary N) is 2. The molecule has 0 spiro atoms. The van der Waals surface area contributed by atoms with Crippen molar-refractivity contribution in [3.05, 3.63) is 5.01 Å². The van der Waals surface area contributed by atoms with E-state index in [0.717, 1.165) is 5.01 Å². The molecule has 8 heteroatoms. The average Bonchev–Trinajstić information content (AvgIpc) is 2.86. The lowest BCUT2D eigenvalue weighted by Crippen LogP contribution is -2.39. The van der Waals surface area contributed by atoms with Crippen LogP contribution in [0.4, 0.5) is 9.93 Å². The van der Waals surface area contributed by atoms with Gasteiger partial charge in [0.05, 0.1) is 6.04 Å². The van der Waals surface area contributed by atoms with Crippen molar-refractivity contribution >= 4 is 28.4 Å². The molecule has 2 N–H and O–H groups in total. The van der Waals surface area contributed by atoms with Crippen LogP contribution in [-0.4, -0.2) is 46.7 Å². The minimum atomic E-state index is -0.352. The third-order valence-corrected chi connectivity index (χ3v) is 4.23. The van der Waals surface area contributed by atoms with Gasteiger partial charge in [0, 0.05) is 25.4 Å². The number of nitrogens with zero attached hydrogens (tertiary/aromatic N) is 3. The highest BCUT2D eigenvalue weighted by molar-refractivity contribution is 7.15. The molecule has 20 heavy (non-hydrogen) atoms. The molecule has 1 saturated heterocycles. The van der Waals surface area contributed by atoms with Gasteiger partial charge in [0.25, 0.3) is 0 Å². The number of hydrogen-bond acceptors (Lipinski definition) is 5. The number of rotatable bonds is 2. The number of likely N-dealkylation sites (N-methyl/N-ethyl adjacent to an activating group) is 1. The van der Waals surface area contributed by atoms with E-state index >= 15 is 0 Å². The van der Waals surface area contributed by atoms with E-state index in [1.807, 2.05) is 20.8 Å². The molecule has 1 aliphatic rings. The van der Waals surface area contributed by atoms with E-state index in [1.54, 1.807) is 11.9 Å². The highest BCUT2D eigenvalue weighted by atomic mass is 32.1. The van der Waals surface area contributed by atoms with Crippen LogP contribution in [0, 0.1) is 0 Å². The molecule has 0 bridgehead atoms. The molecule has 7 nitrogen and oxygen atoms in total. The molecule has 3 amide bonds. The number of likely N-dealkylation sites (tertiary alicyclic amines) is 1. The first-order valence-corrected chi connectivity index (χ1v) is 7.23. The molecular weight excluding hydrogens is 278 g/mol. The molecule has 110 valence electrons. The summed E-state index contributed by atoms with van der Waals surface area (Å²) in [5, 5.41) is 14.8. The number of aromatic nitrogens is 2. The summed E-state index contributed by atoms with van der Waals surface area (Å²) in [6, 6.07) is -0.503. The summed E-state index contributed by atoms with van der Waals surface area (Å²) in [4.78, 5) is 24.8. The molecule has 1 aromatic rings. The van der Waals surface area contributed by atoms with Gasteiger partial charge in [0.2, 0.25) is 11.0 Å². The fourth-order valence-electron chi connectivity index (χ4n) is 1.86. The number of urea groups is 1. The first kappa shape index (κ1) is 14.7. The Kier molecular flexibility index (Phi) is 3.94. The largest absolute Gasteiger partial charge is 0.344 e. The molecule has 1 fully saturated rings. The maximum atomic E-state index is 11.8. The predicted octanol–water partition coefficient (Wildman–Crippen LogP) is 1.19. The van der Waals surface area contributed by atoms with Crippen LogP contribution in [0.3, 0.4) is 0 Å². The van der Waals surface area contributed by atoms with Gasteiger partial charge >= 0.3 is 6.03 Å². The molecule has 0 radical (unpaired) electrons. The lowest BCUT2D eigenvalue weighted by molar-refractivity contribution is -0.126. The second-order valence-corrected chi connectivity index (χ2v) is 6.91. The van der Waals surface area contributed by atoms with Crippen LogP contribution in [0.1, 0.15) is 32.2 Å². The van der Waals surface area contributed by atoms with Crippen molar-refractivity contribution in [1.29, 1.82) is 0 Å². The Morgan fingerprint density at radius 2 is 2.10 bits per heavy atom. The Balaban J connectivity index is 1.89. The van der Waals surface area contributed by atoms with Crippen LogP contribution in [-0.2, 0) is 10.2 Å². The number of amides is 3. The monoisotopic (exact) mass is 297 g/mol. The fraction of sp³-hybridized carbons (Fsp3) is 0.667. The smallest absolute Gasteiger partial charge is 0.321 e. The summed E-state index contributed by atoms with van der Waals surface area (Å²) in [7, 11) is 1.72. The van der Waals surface area contributed by atoms with Gasteiger partial charge in [-0.15, -0.1) is 10.2 Å². The van der Waals surface area contributed by atoms with E-state index in [2.05, 4.69) is 20.8 Å². The van der Waals surface area contributed by atoms with E-state index < -0.39 is 0 Å². The Hall–Kier alpha value is -1.70. The second-order valence-electron chi connectivity index (χ2n) is 5.94. The number of anilines is 1. The van der Waals surface area contributed by atoms with Gasteiger partial charge in [-0.2, -0.15) is 0 Å². The van der Waals surface area contributed by atoms with E-state index in [0.29, 0.717) is 18.1 Å². The van der Waals surface area contributed by atoms with Gasteiger partial charge in [0.1, 0.15) is 5.01 Å². The molecule has 0 saturated carbocycles. The van der Waals surface area contributed by atoms with Crippen molar-refractivity contribution in [2.75, 3.05) is 18.9 Å².